The van der Waals surface area contributed by atoms with Crippen LogP contribution in [0.4, 0.5) is 13.9 Å². The van der Waals surface area contributed by atoms with Crippen molar-refractivity contribution in [2.24, 2.45) is 0 Å². The predicted octanol–water partition coefficient (Wildman–Crippen LogP) is 3.99. The van der Waals surface area contributed by atoms with Crippen molar-refractivity contribution in [1.29, 1.82) is 0 Å². The Morgan fingerprint density at radius 2 is 2.11 bits per heavy atom. The van der Waals surface area contributed by atoms with Gasteiger partial charge in [-0.05, 0) is 25.0 Å². The van der Waals surface area contributed by atoms with Gasteiger partial charge in [-0.25, -0.2) is 4.98 Å². The maximum Gasteiger partial charge on any atom is 0.387 e. The molecular formula is C13H12F2N2OS. The first-order valence-corrected chi connectivity index (χ1v) is 6.86. The van der Waals surface area contributed by atoms with E-state index in [9.17, 15) is 8.78 Å². The van der Waals surface area contributed by atoms with Crippen LogP contribution in [0.15, 0.2) is 29.6 Å². The number of halogens is 2. The van der Waals surface area contributed by atoms with E-state index in [1.807, 2.05) is 5.38 Å². The Kier molecular flexibility index (Phi) is 3.33. The molecule has 0 spiro atoms. The molecule has 19 heavy (non-hydrogen) atoms. The van der Waals surface area contributed by atoms with Crippen LogP contribution in [0.2, 0.25) is 0 Å². The number of anilines is 1. The zero-order valence-electron chi connectivity index (χ0n) is 9.98. The van der Waals surface area contributed by atoms with Crippen LogP contribution in [0.5, 0.6) is 5.75 Å². The molecule has 1 N–H and O–H groups in total. The molecule has 3 rings (SSSR count). The number of aromatic nitrogens is 1. The average molecular weight is 282 g/mol. The molecule has 100 valence electrons. The van der Waals surface area contributed by atoms with E-state index in [-0.39, 0.29) is 5.75 Å². The molecule has 0 radical (unpaired) electrons. The van der Waals surface area contributed by atoms with Crippen molar-refractivity contribution in [1.82, 2.24) is 4.98 Å². The van der Waals surface area contributed by atoms with Gasteiger partial charge in [0.15, 0.2) is 5.13 Å². The van der Waals surface area contributed by atoms with Crippen LogP contribution in [0.1, 0.15) is 12.8 Å². The summed E-state index contributed by atoms with van der Waals surface area (Å²) in [6, 6.07) is 7.21. The third-order valence-electron chi connectivity index (χ3n) is 2.79. The summed E-state index contributed by atoms with van der Waals surface area (Å²) in [6.45, 7) is -2.83. The zero-order chi connectivity index (χ0) is 13.2. The molecule has 2 aromatic rings. The lowest BCUT2D eigenvalue weighted by Gasteiger charge is -2.08. The van der Waals surface area contributed by atoms with E-state index in [1.165, 1.54) is 30.2 Å². The number of rotatable bonds is 5. The number of hydrogen-bond acceptors (Lipinski definition) is 4. The molecule has 0 aliphatic heterocycles. The van der Waals surface area contributed by atoms with Gasteiger partial charge in [-0.1, -0.05) is 12.1 Å². The Balaban J connectivity index is 1.85. The van der Waals surface area contributed by atoms with Crippen molar-refractivity contribution < 1.29 is 13.5 Å². The van der Waals surface area contributed by atoms with Crippen molar-refractivity contribution >= 4 is 16.5 Å². The first-order valence-electron chi connectivity index (χ1n) is 5.98. The molecule has 1 aliphatic rings. The molecule has 1 saturated carbocycles. The summed E-state index contributed by atoms with van der Waals surface area (Å²) in [5.74, 6) is 0.153. The van der Waals surface area contributed by atoms with Crippen molar-refractivity contribution in [3.63, 3.8) is 0 Å². The molecule has 1 aromatic heterocycles. The molecule has 0 unspecified atom stereocenters. The smallest absolute Gasteiger partial charge is 0.387 e. The maximum absolute atomic E-state index is 12.3. The molecular weight excluding hydrogens is 270 g/mol. The molecule has 3 nitrogen and oxygen atoms in total. The number of thiazole rings is 1. The summed E-state index contributed by atoms with van der Waals surface area (Å²) in [5.41, 5.74) is 1.24. The third-order valence-corrected chi connectivity index (χ3v) is 3.56. The van der Waals surface area contributed by atoms with Gasteiger partial charge in [0, 0.05) is 17.0 Å². The van der Waals surface area contributed by atoms with E-state index in [0.29, 0.717) is 17.3 Å². The van der Waals surface area contributed by atoms with Gasteiger partial charge >= 0.3 is 6.61 Å². The summed E-state index contributed by atoms with van der Waals surface area (Å²) >= 11 is 1.48. The molecule has 0 amide bonds. The monoisotopic (exact) mass is 282 g/mol. The Hall–Kier alpha value is -1.69. The lowest BCUT2D eigenvalue weighted by atomic mass is 10.1. The second-order valence-corrected chi connectivity index (χ2v) is 5.19. The van der Waals surface area contributed by atoms with Gasteiger partial charge in [0.05, 0.1) is 5.69 Å². The number of alkyl halides is 2. The highest BCUT2D eigenvalue weighted by molar-refractivity contribution is 7.14. The maximum atomic E-state index is 12.3. The molecule has 0 bridgehead atoms. The molecule has 0 atom stereocenters. The van der Waals surface area contributed by atoms with E-state index in [0.717, 1.165) is 5.13 Å². The number of ether oxygens (including phenoxy) is 1. The lowest BCUT2D eigenvalue weighted by Crippen LogP contribution is -2.03. The van der Waals surface area contributed by atoms with Gasteiger partial charge in [-0.2, -0.15) is 8.78 Å². The Labute approximate surface area is 113 Å². The second kappa shape index (κ2) is 5.13. The first-order chi connectivity index (χ1) is 9.22. The summed E-state index contributed by atoms with van der Waals surface area (Å²) in [6.07, 6.45) is 2.33. The predicted molar refractivity (Wildman–Crippen MR) is 70.8 cm³/mol. The van der Waals surface area contributed by atoms with Crippen molar-refractivity contribution in [3.05, 3.63) is 29.6 Å². The van der Waals surface area contributed by atoms with Crippen LogP contribution >= 0.6 is 11.3 Å². The highest BCUT2D eigenvalue weighted by atomic mass is 32.1. The number of nitrogens with one attached hydrogen (secondary N) is 1. The van der Waals surface area contributed by atoms with Gasteiger partial charge in [0.25, 0.3) is 0 Å². The first kappa shape index (κ1) is 12.3. The standard InChI is InChI=1S/C13H12F2N2OS/c14-12(15)18-11-4-2-1-3-9(11)10-7-19-13(17-10)16-8-5-6-8/h1-4,7-8,12H,5-6H2,(H,16,17). The highest BCUT2D eigenvalue weighted by Gasteiger charge is 2.22. The number of benzene rings is 1. The summed E-state index contributed by atoms with van der Waals surface area (Å²) in [7, 11) is 0. The topological polar surface area (TPSA) is 34.1 Å². The Morgan fingerprint density at radius 3 is 2.84 bits per heavy atom. The van der Waals surface area contributed by atoms with Crippen LogP contribution in [0.3, 0.4) is 0 Å². The van der Waals surface area contributed by atoms with E-state index in [2.05, 4.69) is 15.0 Å². The van der Waals surface area contributed by atoms with E-state index >= 15 is 0 Å². The number of nitrogens with zero attached hydrogens (tertiary/aromatic N) is 1. The molecule has 0 saturated heterocycles. The molecule has 1 fully saturated rings. The normalized spacial score (nSPS) is 14.7. The van der Waals surface area contributed by atoms with Gasteiger partial charge in [-0.3, -0.25) is 0 Å². The SMILES string of the molecule is FC(F)Oc1ccccc1-c1csc(NC2CC2)n1. The molecule has 1 heterocycles. The highest BCUT2D eigenvalue weighted by Crippen LogP contribution is 2.34. The van der Waals surface area contributed by atoms with Crippen LogP contribution in [0, 0.1) is 0 Å². The van der Waals surface area contributed by atoms with Crippen molar-refractivity contribution in [3.8, 4) is 17.0 Å². The van der Waals surface area contributed by atoms with Crippen molar-refractivity contribution in [2.75, 3.05) is 5.32 Å². The Bertz CT molecular complexity index is 569. The van der Waals surface area contributed by atoms with E-state index in [4.69, 9.17) is 0 Å². The van der Waals surface area contributed by atoms with Crippen LogP contribution in [-0.4, -0.2) is 17.6 Å². The van der Waals surface area contributed by atoms with Crippen LogP contribution in [-0.2, 0) is 0 Å². The molecule has 6 heteroatoms. The average Bonchev–Trinajstić information content (AvgIpc) is 3.06. The van der Waals surface area contributed by atoms with E-state index < -0.39 is 6.61 Å². The minimum atomic E-state index is -2.83. The summed E-state index contributed by atoms with van der Waals surface area (Å²) in [4.78, 5) is 4.41. The van der Waals surface area contributed by atoms with E-state index in [1.54, 1.807) is 18.2 Å². The summed E-state index contributed by atoms with van der Waals surface area (Å²) < 4.78 is 29.2. The van der Waals surface area contributed by atoms with Gasteiger partial charge in [0.2, 0.25) is 0 Å². The van der Waals surface area contributed by atoms with Gasteiger partial charge < -0.3 is 10.1 Å². The van der Waals surface area contributed by atoms with Gasteiger partial charge in [0.1, 0.15) is 5.75 Å². The van der Waals surface area contributed by atoms with Crippen molar-refractivity contribution in [2.45, 2.75) is 25.5 Å². The lowest BCUT2D eigenvalue weighted by molar-refractivity contribution is -0.0494. The Morgan fingerprint density at radius 1 is 1.32 bits per heavy atom. The van der Waals surface area contributed by atoms with Gasteiger partial charge in [-0.15, -0.1) is 11.3 Å². The third kappa shape index (κ3) is 3.01. The quantitative estimate of drug-likeness (QED) is 0.900. The molecule has 1 aliphatic carbocycles. The zero-order valence-corrected chi connectivity index (χ0v) is 10.8. The fourth-order valence-electron chi connectivity index (χ4n) is 1.74. The van der Waals surface area contributed by atoms with Crippen LogP contribution < -0.4 is 10.1 Å². The fraction of sp³-hybridized carbons (Fsp3) is 0.308. The number of para-hydroxylation sites is 1. The second-order valence-electron chi connectivity index (χ2n) is 4.33. The van der Waals surface area contributed by atoms with Crippen LogP contribution in [0.25, 0.3) is 11.3 Å². The largest absolute Gasteiger partial charge is 0.434 e. The molecule has 1 aromatic carbocycles. The minimum absolute atomic E-state index is 0.153. The summed E-state index contributed by atoms with van der Waals surface area (Å²) in [5, 5.41) is 5.95. The number of hydrogen-bond donors (Lipinski definition) is 1. The minimum Gasteiger partial charge on any atom is -0.434 e. The fourth-order valence-corrected chi connectivity index (χ4v) is 2.53.